The van der Waals surface area contributed by atoms with Crippen molar-refractivity contribution in [3.8, 4) is 0 Å². The van der Waals surface area contributed by atoms with E-state index in [4.69, 9.17) is 0 Å². The first-order valence-electron chi connectivity index (χ1n) is 5.43. The number of amides is 2. The first kappa shape index (κ1) is 11.6. The number of hydrazine groups is 1. The number of carbonyl (C=O) groups is 2. The second-order valence-corrected chi connectivity index (χ2v) is 4.27. The molecule has 0 saturated heterocycles. The molecule has 1 aromatic rings. The third-order valence-electron chi connectivity index (χ3n) is 2.85. The Labute approximate surface area is 98.2 Å². The van der Waals surface area contributed by atoms with E-state index in [1.54, 1.807) is 0 Å². The van der Waals surface area contributed by atoms with Gasteiger partial charge >= 0.3 is 0 Å². The van der Waals surface area contributed by atoms with Crippen LogP contribution in [0.5, 0.6) is 0 Å². The van der Waals surface area contributed by atoms with Crippen LogP contribution in [0.4, 0.5) is 4.39 Å². The SMILES string of the molecule is C[C@H]1C[C@@H]1C(=O)NNC(=O)c1ccc(F)cc1. The summed E-state index contributed by atoms with van der Waals surface area (Å²) in [4.78, 5) is 23.0. The van der Waals surface area contributed by atoms with Crippen molar-refractivity contribution < 1.29 is 14.0 Å². The number of nitrogens with one attached hydrogen (secondary N) is 2. The van der Waals surface area contributed by atoms with Crippen LogP contribution in [-0.4, -0.2) is 11.8 Å². The zero-order chi connectivity index (χ0) is 12.4. The highest BCUT2D eigenvalue weighted by molar-refractivity contribution is 5.95. The summed E-state index contributed by atoms with van der Waals surface area (Å²) >= 11 is 0. The summed E-state index contributed by atoms with van der Waals surface area (Å²) in [7, 11) is 0. The van der Waals surface area contributed by atoms with E-state index in [1.807, 2.05) is 6.92 Å². The zero-order valence-electron chi connectivity index (χ0n) is 9.37. The molecule has 1 aliphatic rings. The molecule has 0 aromatic heterocycles. The smallest absolute Gasteiger partial charge is 0.269 e. The van der Waals surface area contributed by atoms with Crippen LogP contribution < -0.4 is 10.9 Å². The van der Waals surface area contributed by atoms with Gasteiger partial charge in [0.1, 0.15) is 5.82 Å². The first-order chi connectivity index (χ1) is 8.08. The van der Waals surface area contributed by atoms with E-state index >= 15 is 0 Å². The van der Waals surface area contributed by atoms with E-state index in [9.17, 15) is 14.0 Å². The van der Waals surface area contributed by atoms with Crippen LogP contribution in [-0.2, 0) is 4.79 Å². The Balaban J connectivity index is 1.85. The minimum atomic E-state index is -0.452. The van der Waals surface area contributed by atoms with Gasteiger partial charge in [0.25, 0.3) is 5.91 Å². The third-order valence-corrected chi connectivity index (χ3v) is 2.85. The van der Waals surface area contributed by atoms with Gasteiger partial charge in [-0.2, -0.15) is 0 Å². The van der Waals surface area contributed by atoms with Crippen LogP contribution in [0, 0.1) is 17.7 Å². The lowest BCUT2D eigenvalue weighted by Gasteiger charge is -2.06. The summed E-state index contributed by atoms with van der Waals surface area (Å²) in [6, 6.07) is 5.10. The summed E-state index contributed by atoms with van der Waals surface area (Å²) in [6.45, 7) is 1.98. The molecule has 0 spiro atoms. The van der Waals surface area contributed by atoms with Crippen molar-refractivity contribution in [1.82, 2.24) is 10.9 Å². The van der Waals surface area contributed by atoms with E-state index in [0.29, 0.717) is 11.5 Å². The molecule has 1 aromatic carbocycles. The van der Waals surface area contributed by atoms with Crippen LogP contribution >= 0.6 is 0 Å². The summed E-state index contributed by atoms with van der Waals surface area (Å²) in [5.74, 6) is -0.641. The molecule has 2 N–H and O–H groups in total. The highest BCUT2D eigenvalue weighted by Gasteiger charge is 2.39. The van der Waals surface area contributed by atoms with Crippen molar-refractivity contribution in [3.63, 3.8) is 0 Å². The largest absolute Gasteiger partial charge is 0.273 e. The minimum absolute atomic E-state index is 0.00326. The van der Waals surface area contributed by atoms with Gasteiger partial charge < -0.3 is 0 Å². The van der Waals surface area contributed by atoms with Gasteiger partial charge in [-0.3, -0.25) is 20.4 Å². The van der Waals surface area contributed by atoms with Crippen molar-refractivity contribution in [1.29, 1.82) is 0 Å². The lowest BCUT2D eigenvalue weighted by Crippen LogP contribution is -2.42. The molecule has 1 fully saturated rings. The van der Waals surface area contributed by atoms with E-state index in [-0.39, 0.29) is 11.8 Å². The highest BCUT2D eigenvalue weighted by atomic mass is 19.1. The van der Waals surface area contributed by atoms with Gasteiger partial charge in [-0.25, -0.2) is 4.39 Å². The fraction of sp³-hybridized carbons (Fsp3) is 0.333. The Morgan fingerprint density at radius 2 is 1.82 bits per heavy atom. The molecule has 90 valence electrons. The molecule has 2 amide bonds. The molecule has 1 saturated carbocycles. The maximum absolute atomic E-state index is 12.6. The number of halogens is 1. The lowest BCUT2D eigenvalue weighted by atomic mass is 10.2. The van der Waals surface area contributed by atoms with Gasteiger partial charge in [-0.05, 0) is 36.6 Å². The van der Waals surface area contributed by atoms with E-state index < -0.39 is 11.7 Å². The normalized spacial score (nSPS) is 21.8. The van der Waals surface area contributed by atoms with Gasteiger partial charge in [-0.15, -0.1) is 0 Å². The van der Waals surface area contributed by atoms with Gasteiger partial charge in [-0.1, -0.05) is 6.92 Å². The molecule has 2 atom stereocenters. The molecule has 5 heteroatoms. The molecule has 0 aliphatic heterocycles. The van der Waals surface area contributed by atoms with Crippen LogP contribution in [0.2, 0.25) is 0 Å². The van der Waals surface area contributed by atoms with Crippen LogP contribution in [0.3, 0.4) is 0 Å². The number of rotatable bonds is 2. The molecule has 0 heterocycles. The Kier molecular flexibility index (Phi) is 3.08. The Morgan fingerprint density at radius 1 is 1.24 bits per heavy atom. The highest BCUT2D eigenvalue weighted by Crippen LogP contribution is 2.37. The predicted octanol–water partition coefficient (Wildman–Crippen LogP) is 1.24. The Bertz CT molecular complexity index is 444. The van der Waals surface area contributed by atoms with Crippen molar-refractivity contribution >= 4 is 11.8 Å². The van der Waals surface area contributed by atoms with Crippen molar-refractivity contribution in [2.24, 2.45) is 11.8 Å². The fourth-order valence-corrected chi connectivity index (χ4v) is 1.57. The second kappa shape index (κ2) is 4.53. The average molecular weight is 236 g/mol. The monoisotopic (exact) mass is 236 g/mol. The quantitative estimate of drug-likeness (QED) is 0.759. The van der Waals surface area contributed by atoms with Crippen molar-refractivity contribution in [3.05, 3.63) is 35.6 Å². The maximum atomic E-state index is 12.6. The first-order valence-corrected chi connectivity index (χ1v) is 5.43. The molecule has 1 aliphatic carbocycles. The molecule has 0 radical (unpaired) electrons. The summed E-state index contributed by atoms with van der Waals surface area (Å²) in [5.41, 5.74) is 4.96. The zero-order valence-corrected chi connectivity index (χ0v) is 9.37. The van der Waals surface area contributed by atoms with Crippen molar-refractivity contribution in [2.75, 3.05) is 0 Å². The fourth-order valence-electron chi connectivity index (χ4n) is 1.57. The topological polar surface area (TPSA) is 58.2 Å². The van der Waals surface area contributed by atoms with Gasteiger partial charge in [0.2, 0.25) is 5.91 Å². The third kappa shape index (κ3) is 2.81. The standard InChI is InChI=1S/C12H13FN2O2/c1-7-6-10(7)12(17)15-14-11(16)8-2-4-9(13)5-3-8/h2-5,7,10H,6H2,1H3,(H,14,16)(H,15,17)/t7-,10-/m0/s1. The van der Waals surface area contributed by atoms with E-state index in [0.717, 1.165) is 6.42 Å². The van der Waals surface area contributed by atoms with E-state index in [1.165, 1.54) is 24.3 Å². The summed E-state index contributed by atoms with van der Waals surface area (Å²) in [5, 5.41) is 0. The molecule has 17 heavy (non-hydrogen) atoms. The lowest BCUT2D eigenvalue weighted by molar-refractivity contribution is -0.123. The molecule has 0 unspecified atom stereocenters. The summed E-state index contributed by atoms with van der Waals surface area (Å²) < 4.78 is 12.6. The molecule has 0 bridgehead atoms. The molecular weight excluding hydrogens is 223 g/mol. The van der Waals surface area contributed by atoms with Crippen LogP contribution in [0.25, 0.3) is 0 Å². The molecular formula is C12H13FN2O2. The maximum Gasteiger partial charge on any atom is 0.269 e. The molecule has 2 rings (SSSR count). The number of benzene rings is 1. The van der Waals surface area contributed by atoms with Crippen LogP contribution in [0.15, 0.2) is 24.3 Å². The number of hydrogen-bond acceptors (Lipinski definition) is 2. The van der Waals surface area contributed by atoms with Gasteiger partial charge in [0.15, 0.2) is 0 Å². The van der Waals surface area contributed by atoms with E-state index in [2.05, 4.69) is 10.9 Å². The van der Waals surface area contributed by atoms with Crippen LogP contribution in [0.1, 0.15) is 23.7 Å². The minimum Gasteiger partial charge on any atom is -0.273 e. The predicted molar refractivity (Wildman–Crippen MR) is 59.3 cm³/mol. The second-order valence-electron chi connectivity index (χ2n) is 4.27. The summed E-state index contributed by atoms with van der Waals surface area (Å²) in [6.07, 6.45) is 0.859. The average Bonchev–Trinajstić information content (AvgIpc) is 3.04. The van der Waals surface area contributed by atoms with Gasteiger partial charge in [0.05, 0.1) is 0 Å². The molecule has 4 nitrogen and oxygen atoms in total. The Hall–Kier alpha value is -1.91. The Morgan fingerprint density at radius 3 is 2.35 bits per heavy atom. The number of carbonyl (C=O) groups excluding carboxylic acids is 2. The van der Waals surface area contributed by atoms with Gasteiger partial charge in [0, 0.05) is 11.5 Å². The van der Waals surface area contributed by atoms with Crippen molar-refractivity contribution in [2.45, 2.75) is 13.3 Å². The number of hydrogen-bond donors (Lipinski definition) is 2.